The third-order valence-electron chi connectivity index (χ3n) is 4.32. The Morgan fingerprint density at radius 2 is 2.24 bits per heavy atom. The summed E-state index contributed by atoms with van der Waals surface area (Å²) in [5.74, 6) is 0.460. The van der Waals surface area contributed by atoms with E-state index in [1.165, 1.54) is 5.56 Å². The van der Waals surface area contributed by atoms with Gasteiger partial charge >= 0.3 is 0 Å². The first-order chi connectivity index (χ1) is 9.63. The van der Waals surface area contributed by atoms with E-state index in [4.69, 9.17) is 22.1 Å². The van der Waals surface area contributed by atoms with E-state index in [-0.39, 0.29) is 12.4 Å². The molecule has 0 aromatic heterocycles. The Kier molecular flexibility index (Phi) is 7.99. The van der Waals surface area contributed by atoms with Crippen molar-refractivity contribution in [1.29, 1.82) is 0 Å². The molecule has 2 rings (SSSR count). The average molecular weight is 333 g/mol. The lowest BCUT2D eigenvalue weighted by Crippen LogP contribution is -2.49. The summed E-state index contributed by atoms with van der Waals surface area (Å²) in [7, 11) is 1.79. The summed E-state index contributed by atoms with van der Waals surface area (Å²) in [5, 5.41) is 0.808. The molecule has 1 aromatic carbocycles. The highest BCUT2D eigenvalue weighted by Gasteiger charge is 2.28. The largest absolute Gasteiger partial charge is 0.381 e. The Morgan fingerprint density at radius 1 is 1.48 bits per heavy atom. The second-order valence-corrected chi connectivity index (χ2v) is 6.16. The standard InChI is InChI=1S/C16H25ClN2O.ClH/c1-12(13-4-3-5-14(17)8-13)11-19-7-6-16(20-2)9-15(19)10-18;/h3-5,8,12,15-16H,6-7,9-11,18H2,1-2H3;1H. The zero-order valence-electron chi connectivity index (χ0n) is 12.8. The summed E-state index contributed by atoms with van der Waals surface area (Å²) >= 11 is 6.08. The quantitative estimate of drug-likeness (QED) is 0.898. The van der Waals surface area contributed by atoms with Crippen LogP contribution in [0.15, 0.2) is 24.3 Å². The SMILES string of the molecule is COC1CCN(CC(C)c2cccc(Cl)c2)C(CN)C1.Cl. The van der Waals surface area contributed by atoms with Gasteiger partial charge in [-0.15, -0.1) is 12.4 Å². The summed E-state index contributed by atoms with van der Waals surface area (Å²) < 4.78 is 5.48. The Hall–Kier alpha value is -0.320. The molecule has 2 N–H and O–H groups in total. The van der Waals surface area contributed by atoms with Crippen LogP contribution in [0.25, 0.3) is 0 Å². The molecule has 1 fully saturated rings. The zero-order valence-corrected chi connectivity index (χ0v) is 14.4. The molecule has 1 saturated heterocycles. The smallest absolute Gasteiger partial charge is 0.0599 e. The number of nitrogens with two attached hydrogens (primary N) is 1. The minimum absolute atomic E-state index is 0. The van der Waals surface area contributed by atoms with Crippen LogP contribution in [0.5, 0.6) is 0 Å². The molecule has 1 aromatic rings. The molecule has 3 nitrogen and oxygen atoms in total. The lowest BCUT2D eigenvalue weighted by Gasteiger charge is -2.39. The Bertz CT molecular complexity index is 430. The van der Waals surface area contributed by atoms with Gasteiger partial charge in [0, 0.05) is 37.8 Å². The molecule has 0 bridgehead atoms. The van der Waals surface area contributed by atoms with Gasteiger partial charge in [-0.2, -0.15) is 0 Å². The van der Waals surface area contributed by atoms with Crippen molar-refractivity contribution >= 4 is 24.0 Å². The number of piperidine rings is 1. The number of benzene rings is 1. The van der Waals surface area contributed by atoms with Crippen molar-refractivity contribution in [2.75, 3.05) is 26.7 Å². The predicted molar refractivity (Wildman–Crippen MR) is 91.6 cm³/mol. The number of methoxy groups -OCH3 is 1. The molecule has 1 aliphatic heterocycles. The molecule has 21 heavy (non-hydrogen) atoms. The molecule has 0 radical (unpaired) electrons. The van der Waals surface area contributed by atoms with Crippen LogP contribution in [0.4, 0.5) is 0 Å². The summed E-state index contributed by atoms with van der Waals surface area (Å²) in [6, 6.07) is 8.58. The molecule has 0 amide bonds. The summed E-state index contributed by atoms with van der Waals surface area (Å²) in [6.07, 6.45) is 2.49. The highest BCUT2D eigenvalue weighted by Crippen LogP contribution is 2.25. The molecule has 0 saturated carbocycles. The van der Waals surface area contributed by atoms with E-state index < -0.39 is 0 Å². The molecular weight excluding hydrogens is 307 g/mol. The summed E-state index contributed by atoms with van der Waals surface area (Å²) in [6.45, 7) is 5.04. The van der Waals surface area contributed by atoms with Crippen LogP contribution >= 0.6 is 24.0 Å². The molecular formula is C16H26Cl2N2O. The fourth-order valence-corrected chi connectivity index (χ4v) is 3.23. The van der Waals surface area contributed by atoms with E-state index in [0.717, 1.165) is 31.0 Å². The predicted octanol–water partition coefficient (Wildman–Crippen LogP) is 3.30. The van der Waals surface area contributed by atoms with Gasteiger partial charge in [-0.3, -0.25) is 4.90 Å². The van der Waals surface area contributed by atoms with Crippen LogP contribution in [0.3, 0.4) is 0 Å². The van der Waals surface area contributed by atoms with Crippen LogP contribution in [0, 0.1) is 0 Å². The first-order valence-electron chi connectivity index (χ1n) is 7.36. The number of hydrogen-bond donors (Lipinski definition) is 1. The number of nitrogens with zero attached hydrogens (tertiary/aromatic N) is 1. The van der Waals surface area contributed by atoms with E-state index >= 15 is 0 Å². The normalized spacial score (nSPS) is 24.4. The minimum Gasteiger partial charge on any atom is -0.381 e. The summed E-state index contributed by atoms with van der Waals surface area (Å²) in [4.78, 5) is 2.50. The molecule has 3 unspecified atom stereocenters. The fourth-order valence-electron chi connectivity index (χ4n) is 3.03. The molecule has 1 heterocycles. The number of ether oxygens (including phenoxy) is 1. The van der Waals surface area contributed by atoms with Gasteiger partial charge in [0.25, 0.3) is 0 Å². The van der Waals surface area contributed by atoms with Crippen LogP contribution in [-0.2, 0) is 4.74 Å². The minimum atomic E-state index is 0. The summed E-state index contributed by atoms with van der Waals surface area (Å²) in [5.41, 5.74) is 7.22. The lowest BCUT2D eigenvalue weighted by molar-refractivity contribution is 0.0117. The Morgan fingerprint density at radius 3 is 2.86 bits per heavy atom. The van der Waals surface area contributed by atoms with Gasteiger partial charge in [-0.25, -0.2) is 0 Å². The third kappa shape index (κ3) is 5.11. The average Bonchev–Trinajstić information content (AvgIpc) is 2.47. The number of halogens is 2. The molecule has 5 heteroatoms. The second-order valence-electron chi connectivity index (χ2n) is 5.72. The highest BCUT2D eigenvalue weighted by molar-refractivity contribution is 6.30. The first-order valence-corrected chi connectivity index (χ1v) is 7.74. The van der Waals surface area contributed by atoms with Crippen LogP contribution in [-0.4, -0.2) is 43.8 Å². The monoisotopic (exact) mass is 332 g/mol. The molecule has 1 aliphatic rings. The Labute approximate surface area is 139 Å². The van der Waals surface area contributed by atoms with E-state index in [0.29, 0.717) is 24.6 Å². The molecule has 0 aliphatic carbocycles. The molecule has 3 atom stereocenters. The van der Waals surface area contributed by atoms with E-state index in [2.05, 4.69) is 24.0 Å². The van der Waals surface area contributed by atoms with Gasteiger partial charge in [0.05, 0.1) is 6.10 Å². The van der Waals surface area contributed by atoms with Gasteiger partial charge in [0.15, 0.2) is 0 Å². The van der Waals surface area contributed by atoms with Crippen molar-refractivity contribution in [3.05, 3.63) is 34.9 Å². The van der Waals surface area contributed by atoms with Crippen molar-refractivity contribution in [2.24, 2.45) is 5.73 Å². The lowest BCUT2D eigenvalue weighted by atomic mass is 9.95. The maximum absolute atomic E-state index is 6.08. The van der Waals surface area contributed by atoms with Gasteiger partial charge < -0.3 is 10.5 Å². The van der Waals surface area contributed by atoms with E-state index in [1.54, 1.807) is 7.11 Å². The van der Waals surface area contributed by atoms with Gasteiger partial charge in [0.2, 0.25) is 0 Å². The van der Waals surface area contributed by atoms with Crippen LogP contribution in [0.2, 0.25) is 5.02 Å². The van der Waals surface area contributed by atoms with E-state index in [1.807, 2.05) is 12.1 Å². The molecule has 120 valence electrons. The number of likely N-dealkylation sites (tertiary alicyclic amines) is 1. The maximum Gasteiger partial charge on any atom is 0.0599 e. The first kappa shape index (κ1) is 18.7. The van der Waals surface area contributed by atoms with Crippen molar-refractivity contribution < 1.29 is 4.74 Å². The number of rotatable bonds is 5. The third-order valence-corrected chi connectivity index (χ3v) is 4.56. The second kappa shape index (κ2) is 8.96. The van der Waals surface area contributed by atoms with Crippen LogP contribution < -0.4 is 5.73 Å². The van der Waals surface area contributed by atoms with Gasteiger partial charge in [-0.05, 0) is 36.5 Å². The van der Waals surface area contributed by atoms with Crippen molar-refractivity contribution in [3.63, 3.8) is 0 Å². The van der Waals surface area contributed by atoms with E-state index in [9.17, 15) is 0 Å². The maximum atomic E-state index is 6.08. The number of hydrogen-bond acceptors (Lipinski definition) is 3. The highest BCUT2D eigenvalue weighted by atomic mass is 35.5. The molecule has 0 spiro atoms. The van der Waals surface area contributed by atoms with Crippen molar-refractivity contribution in [1.82, 2.24) is 4.90 Å². The van der Waals surface area contributed by atoms with Crippen molar-refractivity contribution in [3.8, 4) is 0 Å². The fraction of sp³-hybridized carbons (Fsp3) is 0.625. The van der Waals surface area contributed by atoms with Gasteiger partial charge in [-0.1, -0.05) is 30.7 Å². The van der Waals surface area contributed by atoms with Crippen LogP contribution in [0.1, 0.15) is 31.2 Å². The van der Waals surface area contributed by atoms with Crippen molar-refractivity contribution in [2.45, 2.75) is 37.8 Å². The topological polar surface area (TPSA) is 38.5 Å². The Balaban J connectivity index is 0.00000220. The van der Waals surface area contributed by atoms with Gasteiger partial charge in [0.1, 0.15) is 0 Å². The zero-order chi connectivity index (χ0) is 14.5.